The molecule has 2 aromatic heterocycles. The van der Waals surface area contributed by atoms with Crippen LogP contribution in [0.3, 0.4) is 0 Å². The van der Waals surface area contributed by atoms with E-state index in [0.29, 0.717) is 12.1 Å². The van der Waals surface area contributed by atoms with Gasteiger partial charge < -0.3 is 5.11 Å². The maximum Gasteiger partial charge on any atom is 0.351 e. The summed E-state index contributed by atoms with van der Waals surface area (Å²) >= 11 is 1.07. The first-order valence-corrected chi connectivity index (χ1v) is 5.75. The Kier molecular flexibility index (Phi) is 2.80. The Labute approximate surface area is 98.4 Å². The average Bonchev–Trinajstić information content (AvgIpc) is 2.62. The molecule has 17 heavy (non-hydrogen) atoms. The van der Waals surface area contributed by atoms with E-state index in [1.54, 1.807) is 12.3 Å². The van der Waals surface area contributed by atoms with Gasteiger partial charge in [-0.2, -0.15) is 4.98 Å². The molecule has 0 aliphatic heterocycles. The lowest BCUT2D eigenvalue weighted by Crippen LogP contribution is -2.29. The van der Waals surface area contributed by atoms with Crippen LogP contribution in [0.25, 0.3) is 4.96 Å². The highest BCUT2D eigenvalue weighted by atomic mass is 32.1. The van der Waals surface area contributed by atoms with E-state index in [9.17, 15) is 14.4 Å². The summed E-state index contributed by atoms with van der Waals surface area (Å²) in [7, 11) is 0. The highest BCUT2D eigenvalue weighted by molar-refractivity contribution is 7.15. The standard InChI is InChI=1S/C9H9N3O4S/c1-2-4(6(13)14)5-3-17-9-11-7(15)10-8(16)12(5)9/h3-4H,2H2,1H3,(H,13,14)(H,10,15,16). The molecule has 2 aromatic rings. The third-order valence-corrected chi connectivity index (χ3v) is 3.26. The summed E-state index contributed by atoms with van der Waals surface area (Å²) < 4.78 is 1.13. The van der Waals surface area contributed by atoms with Crippen LogP contribution in [0.5, 0.6) is 0 Å². The molecule has 0 bridgehead atoms. The molecule has 0 amide bonds. The molecule has 0 saturated heterocycles. The van der Waals surface area contributed by atoms with Crippen molar-refractivity contribution in [1.29, 1.82) is 0 Å². The molecule has 0 aromatic carbocycles. The van der Waals surface area contributed by atoms with Gasteiger partial charge in [0.2, 0.25) is 4.96 Å². The fourth-order valence-electron chi connectivity index (χ4n) is 1.62. The number of aromatic nitrogens is 3. The fraction of sp³-hybridized carbons (Fsp3) is 0.333. The van der Waals surface area contributed by atoms with Crippen LogP contribution in [-0.2, 0) is 4.79 Å². The van der Waals surface area contributed by atoms with Crippen molar-refractivity contribution in [2.75, 3.05) is 0 Å². The van der Waals surface area contributed by atoms with E-state index >= 15 is 0 Å². The summed E-state index contributed by atoms with van der Waals surface area (Å²) in [6, 6.07) is 0. The normalized spacial score (nSPS) is 12.8. The summed E-state index contributed by atoms with van der Waals surface area (Å²) in [4.78, 5) is 39.5. The van der Waals surface area contributed by atoms with Crippen LogP contribution in [0.2, 0.25) is 0 Å². The summed E-state index contributed by atoms with van der Waals surface area (Å²) in [6.45, 7) is 1.71. The van der Waals surface area contributed by atoms with Crippen molar-refractivity contribution in [2.45, 2.75) is 19.3 Å². The van der Waals surface area contributed by atoms with Gasteiger partial charge in [-0.1, -0.05) is 6.92 Å². The second-order valence-corrected chi connectivity index (χ2v) is 4.26. The molecule has 1 atom stereocenters. The first-order chi connectivity index (χ1) is 8.04. The Morgan fingerprint density at radius 3 is 2.94 bits per heavy atom. The van der Waals surface area contributed by atoms with Gasteiger partial charge in [0.1, 0.15) is 0 Å². The van der Waals surface area contributed by atoms with Crippen molar-refractivity contribution in [3.05, 3.63) is 32.0 Å². The number of thiazole rings is 1. The number of carbonyl (C=O) groups is 1. The lowest BCUT2D eigenvalue weighted by Gasteiger charge is -2.08. The van der Waals surface area contributed by atoms with Gasteiger partial charge >= 0.3 is 17.3 Å². The zero-order valence-corrected chi connectivity index (χ0v) is 9.65. The number of aromatic amines is 1. The largest absolute Gasteiger partial charge is 0.481 e. The van der Waals surface area contributed by atoms with Gasteiger partial charge in [0.25, 0.3) is 0 Å². The van der Waals surface area contributed by atoms with E-state index < -0.39 is 23.3 Å². The van der Waals surface area contributed by atoms with Crippen LogP contribution >= 0.6 is 11.3 Å². The van der Waals surface area contributed by atoms with Crippen LogP contribution in [0, 0.1) is 0 Å². The van der Waals surface area contributed by atoms with E-state index in [0.717, 1.165) is 15.7 Å². The molecule has 0 saturated carbocycles. The van der Waals surface area contributed by atoms with Gasteiger partial charge in [-0.15, -0.1) is 11.3 Å². The van der Waals surface area contributed by atoms with Gasteiger partial charge in [0.05, 0.1) is 11.6 Å². The lowest BCUT2D eigenvalue weighted by molar-refractivity contribution is -0.139. The number of aliphatic carboxylic acids is 1. The van der Waals surface area contributed by atoms with E-state index in [1.165, 1.54) is 0 Å². The van der Waals surface area contributed by atoms with E-state index in [1.807, 2.05) is 4.98 Å². The van der Waals surface area contributed by atoms with Crippen LogP contribution in [0.1, 0.15) is 25.0 Å². The number of nitrogens with zero attached hydrogens (tertiary/aromatic N) is 2. The third-order valence-electron chi connectivity index (χ3n) is 2.41. The predicted octanol–water partition coefficient (Wildman–Crippen LogP) is 0.0225. The molecular weight excluding hydrogens is 246 g/mol. The molecule has 8 heteroatoms. The molecule has 2 N–H and O–H groups in total. The minimum absolute atomic E-state index is 0.202. The monoisotopic (exact) mass is 255 g/mol. The highest BCUT2D eigenvalue weighted by Crippen LogP contribution is 2.23. The van der Waals surface area contributed by atoms with Crippen LogP contribution in [-0.4, -0.2) is 25.4 Å². The molecule has 0 aliphatic carbocycles. The second-order valence-electron chi connectivity index (χ2n) is 3.42. The van der Waals surface area contributed by atoms with Crippen LogP contribution < -0.4 is 11.4 Å². The van der Waals surface area contributed by atoms with E-state index in [4.69, 9.17) is 5.11 Å². The maximum absolute atomic E-state index is 11.6. The smallest absolute Gasteiger partial charge is 0.351 e. The Hall–Kier alpha value is -1.96. The Morgan fingerprint density at radius 2 is 2.35 bits per heavy atom. The maximum atomic E-state index is 11.6. The number of H-pyrrole nitrogens is 1. The van der Waals surface area contributed by atoms with E-state index in [-0.39, 0.29) is 4.96 Å². The average molecular weight is 255 g/mol. The molecule has 1 unspecified atom stereocenters. The quantitative estimate of drug-likeness (QED) is 0.804. The van der Waals surface area contributed by atoms with Gasteiger partial charge in [0, 0.05) is 5.38 Å². The Balaban J connectivity index is 2.76. The molecule has 2 rings (SSSR count). The molecule has 0 radical (unpaired) electrons. The van der Waals surface area contributed by atoms with Gasteiger partial charge in [-0.05, 0) is 6.42 Å². The zero-order valence-electron chi connectivity index (χ0n) is 8.84. The molecule has 0 spiro atoms. The Bertz CT molecular complexity index is 683. The lowest BCUT2D eigenvalue weighted by atomic mass is 10.0. The molecule has 7 nitrogen and oxygen atoms in total. The summed E-state index contributed by atoms with van der Waals surface area (Å²) in [5.74, 6) is -1.79. The number of hydrogen-bond donors (Lipinski definition) is 2. The zero-order chi connectivity index (χ0) is 12.6. The first kappa shape index (κ1) is 11.5. The van der Waals surface area contributed by atoms with Crippen molar-refractivity contribution in [3.63, 3.8) is 0 Å². The molecule has 0 aliphatic rings. The van der Waals surface area contributed by atoms with Crippen molar-refractivity contribution in [2.24, 2.45) is 0 Å². The summed E-state index contributed by atoms with van der Waals surface area (Å²) in [5, 5.41) is 10.6. The van der Waals surface area contributed by atoms with Gasteiger partial charge in [-0.25, -0.2) is 14.0 Å². The molecule has 0 fully saturated rings. The highest BCUT2D eigenvalue weighted by Gasteiger charge is 2.22. The summed E-state index contributed by atoms with van der Waals surface area (Å²) in [6.07, 6.45) is 0.354. The van der Waals surface area contributed by atoms with E-state index in [2.05, 4.69) is 4.98 Å². The number of rotatable bonds is 3. The SMILES string of the molecule is CCC(C(=O)O)c1csc2nc(=O)[nH]c(=O)n12. The first-order valence-electron chi connectivity index (χ1n) is 4.88. The number of carboxylic acid groups (broad SMARTS) is 1. The fourth-order valence-corrected chi connectivity index (χ4v) is 2.55. The van der Waals surface area contributed by atoms with Crippen LogP contribution in [0.4, 0.5) is 0 Å². The number of fused-ring (bicyclic) bond motifs is 1. The van der Waals surface area contributed by atoms with Gasteiger partial charge in [-0.3, -0.25) is 9.78 Å². The van der Waals surface area contributed by atoms with Gasteiger partial charge in [0.15, 0.2) is 0 Å². The Morgan fingerprint density at radius 1 is 1.65 bits per heavy atom. The van der Waals surface area contributed by atoms with Crippen molar-refractivity contribution in [1.82, 2.24) is 14.4 Å². The minimum Gasteiger partial charge on any atom is -0.481 e. The molecule has 2 heterocycles. The van der Waals surface area contributed by atoms with Crippen molar-refractivity contribution in [3.8, 4) is 0 Å². The number of carboxylic acids is 1. The predicted molar refractivity (Wildman–Crippen MR) is 60.6 cm³/mol. The van der Waals surface area contributed by atoms with Crippen molar-refractivity contribution < 1.29 is 9.90 Å². The summed E-state index contributed by atoms with van der Waals surface area (Å²) in [5.41, 5.74) is -1.04. The molecular formula is C9H9N3O4S. The number of hydrogen-bond acceptors (Lipinski definition) is 5. The van der Waals surface area contributed by atoms with Crippen molar-refractivity contribution >= 4 is 22.3 Å². The molecule has 90 valence electrons. The topological polar surface area (TPSA) is 105 Å². The minimum atomic E-state index is -1.01. The van der Waals surface area contributed by atoms with Crippen LogP contribution in [0.15, 0.2) is 15.0 Å². The number of nitrogens with one attached hydrogen (secondary N) is 1. The third kappa shape index (κ3) is 1.86. The second kappa shape index (κ2) is 4.13.